The molecule has 1 atom stereocenters. The molecule has 0 spiro atoms. The number of ether oxygens (including phenoxy) is 1. The molecule has 1 heterocycles. The van der Waals surface area contributed by atoms with Gasteiger partial charge in [0, 0.05) is 0 Å². The maximum Gasteiger partial charge on any atom is 0.416 e. The maximum absolute atomic E-state index is 13.7. The molecule has 0 aromatic heterocycles. The lowest BCUT2D eigenvalue weighted by atomic mass is 9.92. The average Bonchev–Trinajstić information content (AvgIpc) is 2.39. The lowest BCUT2D eigenvalue weighted by Crippen LogP contribution is -2.50. The third-order valence-corrected chi connectivity index (χ3v) is 3.08. The second kappa shape index (κ2) is 5.24. The van der Waals surface area contributed by atoms with Crippen LogP contribution in [0.1, 0.15) is 22.7 Å². The SMILES string of the molecule is O=C1N[C@H](c2cc(C(F)(F)F)ccc2C(F)(F)F)C(F)(F)CO1. The van der Waals surface area contributed by atoms with Crippen molar-refractivity contribution in [3.05, 3.63) is 34.9 Å². The Morgan fingerprint density at radius 1 is 1.09 bits per heavy atom. The van der Waals surface area contributed by atoms with Crippen LogP contribution in [0.2, 0.25) is 0 Å². The zero-order valence-corrected chi connectivity index (χ0v) is 10.9. The van der Waals surface area contributed by atoms with E-state index in [2.05, 4.69) is 4.74 Å². The molecule has 2 rings (SSSR count). The van der Waals surface area contributed by atoms with E-state index in [1.807, 2.05) is 0 Å². The largest absolute Gasteiger partial charge is 0.443 e. The number of halogens is 8. The fraction of sp³-hybridized carbons (Fsp3) is 0.417. The summed E-state index contributed by atoms with van der Waals surface area (Å²) in [5, 5.41) is 1.44. The first-order chi connectivity index (χ1) is 10.3. The molecule has 0 aliphatic carbocycles. The number of carbonyl (C=O) groups excluding carboxylic acids is 1. The molecular weight excluding hydrogens is 342 g/mol. The van der Waals surface area contributed by atoms with Crippen molar-refractivity contribution in [3.63, 3.8) is 0 Å². The van der Waals surface area contributed by atoms with Crippen LogP contribution in [0.5, 0.6) is 0 Å². The van der Waals surface area contributed by atoms with Crippen molar-refractivity contribution in [3.8, 4) is 0 Å². The van der Waals surface area contributed by atoms with Crippen LogP contribution in [0.3, 0.4) is 0 Å². The first-order valence-electron chi connectivity index (χ1n) is 5.92. The van der Waals surface area contributed by atoms with Crippen molar-refractivity contribution in [1.29, 1.82) is 0 Å². The van der Waals surface area contributed by atoms with Gasteiger partial charge in [-0.3, -0.25) is 0 Å². The number of nitrogens with one attached hydrogen (secondary N) is 1. The van der Waals surface area contributed by atoms with Crippen molar-refractivity contribution in [2.75, 3.05) is 6.61 Å². The summed E-state index contributed by atoms with van der Waals surface area (Å²) < 4.78 is 108. The molecule has 1 saturated heterocycles. The van der Waals surface area contributed by atoms with Crippen molar-refractivity contribution < 1.29 is 44.7 Å². The molecule has 0 saturated carbocycles. The fourth-order valence-corrected chi connectivity index (χ4v) is 2.05. The van der Waals surface area contributed by atoms with Crippen LogP contribution in [-0.4, -0.2) is 18.6 Å². The number of alkyl carbamates (subject to hydrolysis) is 1. The van der Waals surface area contributed by atoms with E-state index in [0.29, 0.717) is 0 Å². The molecule has 1 fully saturated rings. The van der Waals surface area contributed by atoms with Gasteiger partial charge in [-0.05, 0) is 23.8 Å². The molecule has 1 aromatic carbocycles. The van der Waals surface area contributed by atoms with Gasteiger partial charge in [0.05, 0.1) is 11.1 Å². The molecule has 3 nitrogen and oxygen atoms in total. The van der Waals surface area contributed by atoms with Gasteiger partial charge in [0.1, 0.15) is 6.04 Å². The van der Waals surface area contributed by atoms with Gasteiger partial charge in [0.25, 0.3) is 0 Å². The summed E-state index contributed by atoms with van der Waals surface area (Å²) in [6, 6.07) is -2.46. The van der Waals surface area contributed by atoms with Crippen LogP contribution >= 0.6 is 0 Å². The quantitative estimate of drug-likeness (QED) is 0.774. The minimum absolute atomic E-state index is 0.0486. The van der Waals surface area contributed by atoms with Gasteiger partial charge in [-0.1, -0.05) is 0 Å². The Morgan fingerprint density at radius 3 is 2.22 bits per heavy atom. The molecule has 0 radical (unpaired) electrons. The zero-order chi connectivity index (χ0) is 17.6. The number of alkyl halides is 8. The van der Waals surface area contributed by atoms with E-state index >= 15 is 0 Å². The number of cyclic esters (lactones) is 1. The number of benzene rings is 1. The number of rotatable bonds is 1. The third kappa shape index (κ3) is 3.48. The van der Waals surface area contributed by atoms with E-state index in [1.54, 1.807) is 0 Å². The molecule has 11 heteroatoms. The van der Waals surface area contributed by atoms with Crippen LogP contribution in [0.25, 0.3) is 0 Å². The van der Waals surface area contributed by atoms with Gasteiger partial charge in [-0.25, -0.2) is 13.6 Å². The van der Waals surface area contributed by atoms with E-state index in [9.17, 15) is 39.9 Å². The minimum Gasteiger partial charge on any atom is -0.443 e. The highest BCUT2D eigenvalue weighted by molar-refractivity contribution is 5.69. The van der Waals surface area contributed by atoms with Crippen molar-refractivity contribution in [2.45, 2.75) is 24.3 Å². The summed E-state index contributed by atoms with van der Waals surface area (Å²) in [7, 11) is 0. The topological polar surface area (TPSA) is 38.3 Å². The summed E-state index contributed by atoms with van der Waals surface area (Å²) in [5.41, 5.74) is -4.62. The Kier molecular flexibility index (Phi) is 3.94. The van der Waals surface area contributed by atoms with Crippen molar-refractivity contribution in [1.82, 2.24) is 5.32 Å². The zero-order valence-electron chi connectivity index (χ0n) is 10.9. The van der Waals surface area contributed by atoms with Crippen molar-refractivity contribution >= 4 is 6.09 Å². The second-order valence-electron chi connectivity index (χ2n) is 4.71. The molecule has 0 bridgehead atoms. The molecule has 128 valence electrons. The monoisotopic (exact) mass is 349 g/mol. The lowest BCUT2D eigenvalue weighted by Gasteiger charge is -2.33. The van der Waals surface area contributed by atoms with Crippen LogP contribution in [-0.2, 0) is 17.1 Å². The molecule has 1 aromatic rings. The Balaban J connectivity index is 2.63. The molecular formula is C12H7F8NO2. The van der Waals surface area contributed by atoms with E-state index in [-0.39, 0.29) is 18.2 Å². The van der Waals surface area contributed by atoms with Gasteiger partial charge in [-0.2, -0.15) is 26.3 Å². The van der Waals surface area contributed by atoms with E-state index in [1.165, 1.54) is 5.32 Å². The maximum atomic E-state index is 13.7. The minimum atomic E-state index is -5.18. The fourth-order valence-electron chi connectivity index (χ4n) is 2.05. The number of hydrogen-bond donors (Lipinski definition) is 1. The molecule has 1 aliphatic rings. The Hall–Kier alpha value is -2.07. The highest BCUT2D eigenvalue weighted by Crippen LogP contribution is 2.43. The van der Waals surface area contributed by atoms with Crippen LogP contribution < -0.4 is 5.32 Å². The third-order valence-electron chi connectivity index (χ3n) is 3.08. The number of hydrogen-bond acceptors (Lipinski definition) is 2. The predicted molar refractivity (Wildman–Crippen MR) is 58.6 cm³/mol. The summed E-state index contributed by atoms with van der Waals surface area (Å²) >= 11 is 0. The van der Waals surface area contributed by atoms with Crippen LogP contribution in [0, 0.1) is 0 Å². The lowest BCUT2D eigenvalue weighted by molar-refractivity contribution is -0.144. The average molecular weight is 349 g/mol. The van der Waals surface area contributed by atoms with Crippen LogP contribution in [0.15, 0.2) is 18.2 Å². The van der Waals surface area contributed by atoms with Gasteiger partial charge < -0.3 is 10.1 Å². The summed E-state index contributed by atoms with van der Waals surface area (Å²) in [6.07, 6.45) is -11.7. The number of amides is 1. The normalized spacial score (nSPS) is 21.6. The van der Waals surface area contributed by atoms with Gasteiger partial charge in [0.15, 0.2) is 6.61 Å². The van der Waals surface area contributed by atoms with Crippen LogP contribution in [0.4, 0.5) is 39.9 Å². The van der Waals surface area contributed by atoms with E-state index in [4.69, 9.17) is 0 Å². The van der Waals surface area contributed by atoms with E-state index in [0.717, 1.165) is 0 Å². The van der Waals surface area contributed by atoms with Crippen molar-refractivity contribution in [2.24, 2.45) is 0 Å². The first kappa shape index (κ1) is 17.3. The highest BCUT2D eigenvalue weighted by Gasteiger charge is 2.50. The smallest absolute Gasteiger partial charge is 0.416 e. The van der Waals surface area contributed by atoms with Gasteiger partial charge >= 0.3 is 24.4 Å². The molecule has 1 aliphatic heterocycles. The summed E-state index contributed by atoms with van der Waals surface area (Å²) in [4.78, 5) is 11.0. The Morgan fingerprint density at radius 2 is 1.70 bits per heavy atom. The Bertz CT molecular complexity index is 622. The predicted octanol–water partition coefficient (Wildman–Crippen LogP) is 4.14. The van der Waals surface area contributed by atoms with Gasteiger partial charge in [0.2, 0.25) is 0 Å². The molecule has 23 heavy (non-hydrogen) atoms. The molecule has 1 amide bonds. The van der Waals surface area contributed by atoms with Gasteiger partial charge in [-0.15, -0.1) is 0 Å². The first-order valence-corrected chi connectivity index (χ1v) is 5.92. The Labute approximate surface area is 123 Å². The highest BCUT2D eigenvalue weighted by atomic mass is 19.4. The standard InChI is InChI=1S/C12H7F8NO2/c13-10(14)4-23-9(22)21-8(10)6-3-5(11(15,16)17)1-2-7(6)12(18,19)20/h1-3,8H,4H2,(H,21,22)/t8-/m1/s1. The summed E-state index contributed by atoms with van der Waals surface area (Å²) in [6.45, 7) is -1.54. The number of carbonyl (C=O) groups is 1. The van der Waals surface area contributed by atoms with E-state index < -0.39 is 53.7 Å². The molecule has 0 unspecified atom stereocenters. The second-order valence-corrected chi connectivity index (χ2v) is 4.71. The molecule has 1 N–H and O–H groups in total. The summed E-state index contributed by atoms with van der Waals surface area (Å²) in [5.74, 6) is -4.02.